The molecule has 0 saturated carbocycles. The highest BCUT2D eigenvalue weighted by Gasteiger charge is 2.34. The summed E-state index contributed by atoms with van der Waals surface area (Å²) in [4.78, 5) is 30.4. The minimum Gasteiger partial charge on any atom is -0.497 e. The van der Waals surface area contributed by atoms with E-state index in [2.05, 4.69) is 20.7 Å². The molecule has 2 amide bonds. The molecular weight excluding hydrogens is 551 g/mol. The number of nitrogens with zero attached hydrogens (tertiary/aromatic N) is 5. The number of amides is 2. The summed E-state index contributed by atoms with van der Waals surface area (Å²) in [6, 6.07) is 18.2. The Bertz CT molecular complexity index is 1490. The molecule has 5 rings (SSSR count). The molecule has 4 aromatic rings. The zero-order valence-corrected chi connectivity index (χ0v) is 23.0. The Labute approximate surface area is 241 Å². The van der Waals surface area contributed by atoms with Crippen molar-refractivity contribution in [3.8, 4) is 17.1 Å². The van der Waals surface area contributed by atoms with Gasteiger partial charge in [0.2, 0.25) is 11.7 Å². The number of benzene rings is 3. The summed E-state index contributed by atoms with van der Waals surface area (Å²) in [6.45, 7) is 0.642. The summed E-state index contributed by atoms with van der Waals surface area (Å²) in [7, 11) is 1.52. The molecular formula is C29H28ClFN6O4. The molecule has 3 aromatic carbocycles. The third-order valence-electron chi connectivity index (χ3n) is 6.65. The molecule has 1 fully saturated rings. The highest BCUT2D eigenvalue weighted by molar-refractivity contribution is 6.30. The summed E-state index contributed by atoms with van der Waals surface area (Å²) in [5, 5.41) is 15.8. The average molecular weight is 579 g/mol. The van der Waals surface area contributed by atoms with E-state index >= 15 is 0 Å². The lowest BCUT2D eigenvalue weighted by atomic mass is 10.0. The molecule has 2 heterocycles. The van der Waals surface area contributed by atoms with Gasteiger partial charge in [0.15, 0.2) is 0 Å². The van der Waals surface area contributed by atoms with Crippen LogP contribution >= 0.6 is 11.6 Å². The molecule has 1 aliphatic heterocycles. The highest BCUT2D eigenvalue weighted by Crippen LogP contribution is 2.31. The molecule has 212 valence electrons. The van der Waals surface area contributed by atoms with Gasteiger partial charge >= 0.3 is 0 Å². The Morgan fingerprint density at radius 3 is 2.66 bits per heavy atom. The molecule has 0 unspecified atom stereocenters. The van der Waals surface area contributed by atoms with Crippen LogP contribution in [-0.2, 0) is 20.9 Å². The Kier molecular flexibility index (Phi) is 8.85. The van der Waals surface area contributed by atoms with Gasteiger partial charge < -0.3 is 14.8 Å². The van der Waals surface area contributed by atoms with Gasteiger partial charge in [0.1, 0.15) is 24.2 Å². The third-order valence-corrected chi connectivity index (χ3v) is 6.90. The van der Waals surface area contributed by atoms with Crippen LogP contribution in [0, 0.1) is 5.82 Å². The highest BCUT2D eigenvalue weighted by atomic mass is 35.5. The van der Waals surface area contributed by atoms with Crippen LogP contribution in [0.2, 0.25) is 5.02 Å². The van der Waals surface area contributed by atoms with Crippen molar-refractivity contribution < 1.29 is 23.5 Å². The first-order valence-electron chi connectivity index (χ1n) is 13.1. The van der Waals surface area contributed by atoms with Gasteiger partial charge in [0.05, 0.1) is 13.2 Å². The molecule has 1 N–H and O–H groups in total. The summed E-state index contributed by atoms with van der Waals surface area (Å²) in [6.07, 6.45) is 1.69. The van der Waals surface area contributed by atoms with Crippen LogP contribution in [0.15, 0.2) is 72.8 Å². The van der Waals surface area contributed by atoms with Crippen LogP contribution in [0.3, 0.4) is 0 Å². The number of rotatable bonds is 10. The first-order chi connectivity index (χ1) is 19.9. The maximum absolute atomic E-state index is 14.0. The smallest absolute Gasteiger partial charge is 0.251 e. The maximum atomic E-state index is 14.0. The normalized spacial score (nSPS) is 15.3. The Morgan fingerprint density at radius 1 is 1.17 bits per heavy atom. The van der Waals surface area contributed by atoms with Crippen LogP contribution in [0.25, 0.3) is 11.4 Å². The average Bonchev–Trinajstić information content (AvgIpc) is 3.68. The molecule has 0 aliphatic carbocycles. The van der Waals surface area contributed by atoms with Crippen molar-refractivity contribution in [2.45, 2.75) is 31.5 Å². The van der Waals surface area contributed by atoms with E-state index in [0.29, 0.717) is 40.7 Å². The molecule has 0 radical (unpaired) electrons. The minimum absolute atomic E-state index is 0.0879. The number of carbonyl (C=O) groups excluding carboxylic acids is 2. The largest absolute Gasteiger partial charge is 0.497 e. The zero-order valence-electron chi connectivity index (χ0n) is 22.2. The third kappa shape index (κ3) is 6.87. The van der Waals surface area contributed by atoms with Crippen molar-refractivity contribution in [1.29, 1.82) is 0 Å². The number of hydrogen-bond acceptors (Lipinski definition) is 7. The Morgan fingerprint density at radius 2 is 1.95 bits per heavy atom. The van der Waals surface area contributed by atoms with Gasteiger partial charge in [-0.15, -0.1) is 10.2 Å². The molecule has 10 nitrogen and oxygen atoms in total. The van der Waals surface area contributed by atoms with Crippen molar-refractivity contribution >= 4 is 29.1 Å². The molecule has 12 heteroatoms. The fourth-order valence-corrected chi connectivity index (χ4v) is 4.72. The predicted molar refractivity (Wildman–Crippen MR) is 150 cm³/mol. The van der Waals surface area contributed by atoms with Crippen LogP contribution in [0.4, 0.5) is 10.1 Å². The van der Waals surface area contributed by atoms with Crippen LogP contribution in [0.5, 0.6) is 5.75 Å². The van der Waals surface area contributed by atoms with E-state index in [4.69, 9.17) is 21.1 Å². The van der Waals surface area contributed by atoms with E-state index in [1.54, 1.807) is 48.5 Å². The fourth-order valence-electron chi connectivity index (χ4n) is 4.60. The minimum atomic E-state index is -1.06. The number of carbonyl (C=O) groups is 2. The van der Waals surface area contributed by atoms with Gasteiger partial charge in [-0.1, -0.05) is 29.8 Å². The second-order valence-corrected chi connectivity index (χ2v) is 9.89. The summed E-state index contributed by atoms with van der Waals surface area (Å²) in [5.74, 6) is -0.524. The first kappa shape index (κ1) is 28.2. The van der Waals surface area contributed by atoms with E-state index in [9.17, 15) is 14.0 Å². The molecule has 2 atom stereocenters. The predicted octanol–water partition coefficient (Wildman–Crippen LogP) is 4.21. The van der Waals surface area contributed by atoms with Crippen LogP contribution < -0.4 is 15.0 Å². The summed E-state index contributed by atoms with van der Waals surface area (Å²) >= 11 is 6.15. The number of methoxy groups -OCH3 is 1. The second-order valence-electron chi connectivity index (χ2n) is 9.45. The van der Waals surface area contributed by atoms with Gasteiger partial charge in [-0.25, -0.2) is 4.39 Å². The van der Waals surface area contributed by atoms with Crippen molar-refractivity contribution in [2.24, 2.45) is 0 Å². The van der Waals surface area contributed by atoms with E-state index in [1.807, 2.05) is 0 Å². The second kappa shape index (κ2) is 12.9. The SMILES string of the molecule is COc1cccc(N(C(=O)Cn2nnc(-c3ccc(F)cc3)n2)[C@H](C(=O)NC[C@@H]2CCCO2)c2ccc(Cl)cc2)c1. The van der Waals surface area contributed by atoms with Crippen LogP contribution in [0.1, 0.15) is 24.4 Å². The number of aromatic nitrogens is 4. The zero-order chi connectivity index (χ0) is 28.8. The molecule has 1 saturated heterocycles. The first-order valence-corrected chi connectivity index (χ1v) is 13.4. The standard InChI is InChI=1S/C29H28ClFN6O4/c1-40-24-5-2-4-23(16-24)37(26(38)18-36-34-28(33-35-36)20-9-13-22(31)14-10-20)27(19-7-11-21(30)12-8-19)29(39)32-17-25-6-3-15-41-25/h2,4-5,7-14,16,25,27H,3,6,15,17-18H2,1H3,(H,32,39)/t25-,27-/m0/s1. The number of ether oxygens (including phenoxy) is 2. The summed E-state index contributed by atoms with van der Waals surface area (Å²) in [5.41, 5.74) is 1.52. The molecule has 1 aliphatic rings. The van der Waals surface area contributed by atoms with Gasteiger partial charge in [0, 0.05) is 35.5 Å². The van der Waals surface area contributed by atoms with Gasteiger partial charge in [-0.2, -0.15) is 4.80 Å². The fraction of sp³-hybridized carbons (Fsp3) is 0.276. The quantitative estimate of drug-likeness (QED) is 0.300. The maximum Gasteiger partial charge on any atom is 0.251 e. The number of anilines is 1. The lowest BCUT2D eigenvalue weighted by molar-refractivity contribution is -0.127. The lowest BCUT2D eigenvalue weighted by Crippen LogP contribution is -2.46. The molecule has 0 bridgehead atoms. The van der Waals surface area contributed by atoms with Crippen molar-refractivity contribution in [1.82, 2.24) is 25.5 Å². The van der Waals surface area contributed by atoms with Crippen molar-refractivity contribution in [2.75, 3.05) is 25.2 Å². The number of tetrazole rings is 1. The van der Waals surface area contributed by atoms with E-state index in [0.717, 1.165) is 17.6 Å². The Hall–Kier alpha value is -4.35. The monoisotopic (exact) mass is 578 g/mol. The Balaban J connectivity index is 1.49. The van der Waals surface area contributed by atoms with Crippen LogP contribution in [-0.4, -0.2) is 58.4 Å². The lowest BCUT2D eigenvalue weighted by Gasteiger charge is -2.32. The number of hydrogen-bond donors (Lipinski definition) is 1. The topological polar surface area (TPSA) is 111 Å². The van der Waals surface area contributed by atoms with E-state index < -0.39 is 23.7 Å². The van der Waals surface area contributed by atoms with E-state index in [1.165, 1.54) is 36.3 Å². The number of nitrogens with one attached hydrogen (secondary N) is 1. The van der Waals surface area contributed by atoms with Gasteiger partial charge in [-0.3, -0.25) is 14.5 Å². The molecule has 1 aromatic heterocycles. The van der Waals surface area contributed by atoms with E-state index in [-0.39, 0.29) is 18.5 Å². The van der Waals surface area contributed by atoms with Crippen molar-refractivity contribution in [3.63, 3.8) is 0 Å². The molecule has 0 spiro atoms. The van der Waals surface area contributed by atoms with Gasteiger partial charge in [0.25, 0.3) is 5.91 Å². The summed E-state index contributed by atoms with van der Waals surface area (Å²) < 4.78 is 24.4. The van der Waals surface area contributed by atoms with Crippen molar-refractivity contribution in [3.05, 3.63) is 89.2 Å². The van der Waals surface area contributed by atoms with Gasteiger partial charge in [-0.05, 0) is 72.1 Å². The number of halogens is 2. The molecule has 41 heavy (non-hydrogen) atoms.